The molecule has 0 bridgehead atoms. The fourth-order valence-electron chi connectivity index (χ4n) is 4.01. The molecule has 2 atom stereocenters. The molecule has 2 fully saturated rings. The van der Waals surface area contributed by atoms with Crippen LogP contribution in [-0.2, 0) is 11.3 Å². The van der Waals surface area contributed by atoms with Crippen LogP contribution in [0.25, 0.3) is 0 Å². The number of rotatable bonds is 8. The Morgan fingerprint density at radius 2 is 2.00 bits per heavy atom. The van der Waals surface area contributed by atoms with E-state index >= 15 is 0 Å². The number of piperidine rings is 1. The lowest BCUT2D eigenvalue weighted by Gasteiger charge is -2.42. The maximum absolute atomic E-state index is 12.5. The monoisotopic (exact) mass is 416 g/mol. The van der Waals surface area contributed by atoms with Crippen molar-refractivity contribution in [2.45, 2.75) is 63.2 Å². The topological polar surface area (TPSA) is 92.2 Å². The van der Waals surface area contributed by atoms with Crippen molar-refractivity contribution in [2.75, 3.05) is 13.1 Å². The highest BCUT2D eigenvalue weighted by molar-refractivity contribution is 7.12. The summed E-state index contributed by atoms with van der Waals surface area (Å²) in [6.45, 7) is 2.30. The van der Waals surface area contributed by atoms with Crippen molar-refractivity contribution in [2.24, 2.45) is 0 Å². The van der Waals surface area contributed by atoms with Crippen molar-refractivity contribution in [3.05, 3.63) is 35.0 Å². The van der Waals surface area contributed by atoms with Gasteiger partial charge in [-0.2, -0.15) is 5.10 Å². The van der Waals surface area contributed by atoms with E-state index in [-0.39, 0.29) is 17.9 Å². The van der Waals surface area contributed by atoms with Gasteiger partial charge in [0.15, 0.2) is 0 Å². The number of aromatic nitrogens is 3. The van der Waals surface area contributed by atoms with Crippen LogP contribution in [0.5, 0.6) is 0 Å². The maximum atomic E-state index is 12.5. The molecule has 2 aromatic rings. The highest BCUT2D eigenvalue weighted by atomic mass is 32.1. The Balaban J connectivity index is 1.14. The number of hydrogen-bond donors (Lipinski definition) is 2. The molecule has 4 rings (SSSR count). The third-order valence-electron chi connectivity index (χ3n) is 5.84. The quantitative estimate of drug-likeness (QED) is 0.683. The van der Waals surface area contributed by atoms with E-state index < -0.39 is 0 Å². The molecule has 8 nitrogen and oxygen atoms in total. The number of amides is 2. The number of carbonyl (C=O) groups excluding carboxylic acids is 2. The first kappa shape index (κ1) is 20.0. The molecule has 2 N–H and O–H groups in total. The smallest absolute Gasteiger partial charge is 0.263 e. The van der Waals surface area contributed by atoms with Crippen molar-refractivity contribution < 1.29 is 9.59 Å². The van der Waals surface area contributed by atoms with Crippen LogP contribution in [-0.4, -0.2) is 62.7 Å². The molecular formula is C20H28N6O2S. The first-order valence-electron chi connectivity index (χ1n) is 10.4. The van der Waals surface area contributed by atoms with Gasteiger partial charge in [-0.25, -0.2) is 4.98 Å². The minimum Gasteiger partial charge on any atom is -0.352 e. The van der Waals surface area contributed by atoms with Gasteiger partial charge in [0.05, 0.1) is 4.88 Å². The third-order valence-corrected chi connectivity index (χ3v) is 6.70. The zero-order valence-electron chi connectivity index (χ0n) is 16.5. The Bertz CT molecular complexity index is 786. The largest absolute Gasteiger partial charge is 0.352 e. The molecule has 1 saturated carbocycles. The van der Waals surface area contributed by atoms with Crippen LogP contribution >= 0.6 is 11.3 Å². The molecule has 3 heterocycles. The highest BCUT2D eigenvalue weighted by Gasteiger charge is 2.34. The summed E-state index contributed by atoms with van der Waals surface area (Å²) in [6.07, 6.45) is 8.50. The van der Waals surface area contributed by atoms with Crippen LogP contribution in [0, 0.1) is 0 Å². The van der Waals surface area contributed by atoms with E-state index in [4.69, 9.17) is 0 Å². The Morgan fingerprint density at radius 1 is 1.17 bits per heavy atom. The van der Waals surface area contributed by atoms with E-state index in [1.54, 1.807) is 11.0 Å². The van der Waals surface area contributed by atoms with Crippen LogP contribution in [0.3, 0.4) is 0 Å². The second-order valence-corrected chi connectivity index (χ2v) is 8.78. The van der Waals surface area contributed by atoms with E-state index in [1.807, 2.05) is 22.4 Å². The summed E-state index contributed by atoms with van der Waals surface area (Å²) >= 11 is 1.50. The van der Waals surface area contributed by atoms with Crippen molar-refractivity contribution in [3.63, 3.8) is 0 Å². The SMILES string of the molecule is O=C(CCCn1cncn1)N[C@H]1CC[C@H]1NC1CCN(C(=O)c2cccs2)CC1. The van der Waals surface area contributed by atoms with Gasteiger partial charge < -0.3 is 15.5 Å². The second kappa shape index (κ2) is 9.49. The molecule has 9 heteroatoms. The lowest BCUT2D eigenvalue weighted by atomic mass is 9.85. The predicted octanol–water partition coefficient (Wildman–Crippen LogP) is 1.66. The molecule has 156 valence electrons. The van der Waals surface area contributed by atoms with Crippen LogP contribution in [0.1, 0.15) is 48.2 Å². The molecule has 0 radical (unpaired) electrons. The van der Waals surface area contributed by atoms with E-state index in [1.165, 1.54) is 17.7 Å². The van der Waals surface area contributed by atoms with Crippen molar-refractivity contribution in [1.29, 1.82) is 0 Å². The standard InChI is InChI=1S/C20H28N6O2S/c27-19(4-1-9-26-14-21-13-22-26)24-17-6-5-16(17)23-15-7-10-25(11-8-15)20(28)18-3-2-12-29-18/h2-3,12-17,23H,1,4-11H2,(H,24,27)/t16-,17+/m1/s1. The number of likely N-dealkylation sites (tertiary alicyclic amines) is 1. The summed E-state index contributed by atoms with van der Waals surface area (Å²) in [4.78, 5) is 31.4. The van der Waals surface area contributed by atoms with Crippen LogP contribution < -0.4 is 10.6 Å². The van der Waals surface area contributed by atoms with E-state index in [0.717, 1.165) is 50.1 Å². The molecule has 2 amide bonds. The predicted molar refractivity (Wildman–Crippen MR) is 111 cm³/mol. The van der Waals surface area contributed by atoms with Crippen molar-refractivity contribution in [3.8, 4) is 0 Å². The third kappa shape index (κ3) is 5.22. The number of hydrogen-bond acceptors (Lipinski definition) is 6. The Kier molecular flexibility index (Phi) is 6.56. The molecular weight excluding hydrogens is 388 g/mol. The van der Waals surface area contributed by atoms with Gasteiger partial charge in [0.1, 0.15) is 12.7 Å². The number of nitrogens with zero attached hydrogens (tertiary/aromatic N) is 4. The van der Waals surface area contributed by atoms with Gasteiger partial charge in [0, 0.05) is 44.2 Å². The Hall–Kier alpha value is -2.26. The zero-order chi connectivity index (χ0) is 20.1. The summed E-state index contributed by atoms with van der Waals surface area (Å²) in [5.41, 5.74) is 0. The molecule has 0 aromatic carbocycles. The van der Waals surface area contributed by atoms with E-state index in [2.05, 4.69) is 20.7 Å². The average molecular weight is 417 g/mol. The number of carbonyl (C=O) groups is 2. The molecule has 1 saturated heterocycles. The lowest BCUT2D eigenvalue weighted by Crippen LogP contribution is -2.60. The first-order valence-corrected chi connectivity index (χ1v) is 11.3. The summed E-state index contributed by atoms with van der Waals surface area (Å²) in [5.74, 6) is 0.260. The highest BCUT2D eigenvalue weighted by Crippen LogP contribution is 2.23. The van der Waals surface area contributed by atoms with Gasteiger partial charge in [-0.05, 0) is 43.6 Å². The first-order chi connectivity index (χ1) is 14.2. The summed E-state index contributed by atoms with van der Waals surface area (Å²) in [7, 11) is 0. The molecule has 29 heavy (non-hydrogen) atoms. The fraction of sp³-hybridized carbons (Fsp3) is 0.600. The molecule has 1 aliphatic carbocycles. The molecule has 0 spiro atoms. The maximum Gasteiger partial charge on any atom is 0.263 e. The minimum atomic E-state index is 0.109. The summed E-state index contributed by atoms with van der Waals surface area (Å²) in [5, 5.41) is 12.9. The van der Waals surface area contributed by atoms with Gasteiger partial charge in [-0.1, -0.05) is 6.07 Å². The van der Waals surface area contributed by atoms with Crippen molar-refractivity contribution >= 4 is 23.2 Å². The fourth-order valence-corrected chi connectivity index (χ4v) is 4.70. The Labute approximate surface area is 174 Å². The molecule has 1 aliphatic heterocycles. The molecule has 0 unspecified atom stereocenters. The number of aryl methyl sites for hydroxylation is 1. The van der Waals surface area contributed by atoms with E-state index in [0.29, 0.717) is 25.0 Å². The normalized spacial score (nSPS) is 22.3. The van der Waals surface area contributed by atoms with Gasteiger partial charge in [0.25, 0.3) is 5.91 Å². The Morgan fingerprint density at radius 3 is 2.66 bits per heavy atom. The zero-order valence-corrected chi connectivity index (χ0v) is 17.3. The summed E-state index contributed by atoms with van der Waals surface area (Å²) in [6, 6.07) is 4.80. The number of thiophene rings is 1. The van der Waals surface area contributed by atoms with Gasteiger partial charge in [-0.3, -0.25) is 14.3 Å². The average Bonchev–Trinajstić information content (AvgIpc) is 3.43. The van der Waals surface area contributed by atoms with Crippen LogP contribution in [0.15, 0.2) is 30.2 Å². The van der Waals surface area contributed by atoms with Crippen LogP contribution in [0.2, 0.25) is 0 Å². The van der Waals surface area contributed by atoms with Gasteiger partial charge in [0.2, 0.25) is 5.91 Å². The molecule has 2 aliphatic rings. The molecule has 2 aromatic heterocycles. The van der Waals surface area contributed by atoms with Gasteiger partial charge >= 0.3 is 0 Å². The summed E-state index contributed by atoms with van der Waals surface area (Å²) < 4.78 is 1.75. The van der Waals surface area contributed by atoms with Gasteiger partial charge in [-0.15, -0.1) is 11.3 Å². The van der Waals surface area contributed by atoms with Crippen molar-refractivity contribution in [1.82, 2.24) is 30.3 Å². The van der Waals surface area contributed by atoms with E-state index in [9.17, 15) is 9.59 Å². The minimum absolute atomic E-state index is 0.109. The number of nitrogens with one attached hydrogen (secondary N) is 2. The second-order valence-electron chi connectivity index (χ2n) is 7.83. The van der Waals surface area contributed by atoms with Crippen LogP contribution in [0.4, 0.5) is 0 Å². The lowest BCUT2D eigenvalue weighted by molar-refractivity contribution is -0.122.